The monoisotopic (exact) mass is 297 g/mol. The summed E-state index contributed by atoms with van der Waals surface area (Å²) >= 11 is 0. The molecule has 0 saturated carbocycles. The van der Waals surface area contributed by atoms with E-state index in [2.05, 4.69) is 53.0 Å². The summed E-state index contributed by atoms with van der Waals surface area (Å²) in [5, 5.41) is 0. The highest BCUT2D eigenvalue weighted by molar-refractivity contribution is 5.43. The summed E-state index contributed by atoms with van der Waals surface area (Å²) in [5.41, 5.74) is 2.84. The third-order valence-electron chi connectivity index (χ3n) is 4.46. The number of rotatable bonds is 4. The highest BCUT2D eigenvalue weighted by Gasteiger charge is 2.31. The molecule has 2 aromatic rings. The van der Waals surface area contributed by atoms with Crippen LogP contribution in [0.2, 0.25) is 0 Å². The van der Waals surface area contributed by atoms with Crippen molar-refractivity contribution < 1.29 is 4.74 Å². The van der Waals surface area contributed by atoms with Gasteiger partial charge < -0.3 is 9.64 Å². The average molecular weight is 297 g/mol. The van der Waals surface area contributed by atoms with Gasteiger partial charge in [0.2, 0.25) is 0 Å². The molecule has 4 nitrogen and oxygen atoms in total. The Morgan fingerprint density at radius 1 is 1.27 bits per heavy atom. The van der Waals surface area contributed by atoms with Gasteiger partial charge in [-0.1, -0.05) is 24.3 Å². The van der Waals surface area contributed by atoms with E-state index >= 15 is 0 Å². The molecule has 0 bridgehead atoms. The molecule has 1 fully saturated rings. The fraction of sp³-hybridized carbons (Fsp3) is 0.444. The topological polar surface area (TPSA) is 38.2 Å². The predicted molar refractivity (Wildman–Crippen MR) is 88.1 cm³/mol. The Morgan fingerprint density at radius 2 is 2.09 bits per heavy atom. The van der Waals surface area contributed by atoms with Crippen molar-refractivity contribution in [1.82, 2.24) is 9.97 Å². The predicted octanol–water partition coefficient (Wildman–Crippen LogP) is 3.31. The van der Waals surface area contributed by atoms with Gasteiger partial charge in [-0.2, -0.15) is 0 Å². The van der Waals surface area contributed by atoms with E-state index in [0.717, 1.165) is 24.6 Å². The fourth-order valence-corrected chi connectivity index (χ4v) is 3.37. The second-order valence-electron chi connectivity index (χ2n) is 6.05. The molecule has 2 unspecified atom stereocenters. The summed E-state index contributed by atoms with van der Waals surface area (Å²) in [6.07, 6.45) is 2.99. The molecule has 116 valence electrons. The molecule has 3 rings (SSSR count). The zero-order chi connectivity index (χ0) is 15.5. The summed E-state index contributed by atoms with van der Waals surface area (Å²) in [6, 6.07) is 11.2. The maximum absolute atomic E-state index is 5.14. The molecule has 2 atom stereocenters. The third-order valence-corrected chi connectivity index (χ3v) is 4.46. The first kappa shape index (κ1) is 15.0. The number of nitrogens with zero attached hydrogens (tertiary/aromatic N) is 3. The molecule has 1 aromatic heterocycles. The second kappa shape index (κ2) is 6.44. The van der Waals surface area contributed by atoms with Crippen LogP contribution in [0.25, 0.3) is 0 Å². The van der Waals surface area contributed by atoms with Crippen molar-refractivity contribution in [2.75, 3.05) is 18.6 Å². The van der Waals surface area contributed by atoms with E-state index in [4.69, 9.17) is 4.74 Å². The highest BCUT2D eigenvalue weighted by atomic mass is 16.5. The van der Waals surface area contributed by atoms with Gasteiger partial charge in [0.05, 0.1) is 0 Å². The molecule has 22 heavy (non-hydrogen) atoms. The van der Waals surface area contributed by atoms with Gasteiger partial charge in [0.25, 0.3) is 0 Å². The van der Waals surface area contributed by atoms with Gasteiger partial charge in [-0.25, -0.2) is 9.97 Å². The Kier molecular flexibility index (Phi) is 4.39. The zero-order valence-electron chi connectivity index (χ0n) is 13.5. The number of methoxy groups -OCH3 is 1. The lowest BCUT2D eigenvalue weighted by atomic mass is 9.93. The van der Waals surface area contributed by atoms with Gasteiger partial charge in [0.15, 0.2) is 5.82 Å². The lowest BCUT2D eigenvalue weighted by molar-refractivity contribution is 0.178. The first-order valence-electron chi connectivity index (χ1n) is 7.82. The van der Waals surface area contributed by atoms with Crippen LogP contribution in [0, 0.1) is 6.92 Å². The number of aromatic nitrogens is 2. The number of ether oxygens (including phenoxy) is 1. The minimum Gasteiger partial charge on any atom is -0.377 e. The van der Waals surface area contributed by atoms with Gasteiger partial charge in [-0.05, 0) is 37.5 Å². The first-order valence-corrected chi connectivity index (χ1v) is 7.82. The third kappa shape index (κ3) is 2.97. The van der Waals surface area contributed by atoms with Crippen LogP contribution in [0.15, 0.2) is 36.5 Å². The van der Waals surface area contributed by atoms with Crippen molar-refractivity contribution in [3.63, 3.8) is 0 Å². The molecule has 1 aliphatic heterocycles. The summed E-state index contributed by atoms with van der Waals surface area (Å²) in [7, 11) is 1.67. The van der Waals surface area contributed by atoms with Gasteiger partial charge in [-0.15, -0.1) is 0 Å². The maximum atomic E-state index is 5.14. The van der Waals surface area contributed by atoms with Crippen LogP contribution in [0.5, 0.6) is 0 Å². The molecule has 4 heteroatoms. The molecule has 1 saturated heterocycles. The van der Waals surface area contributed by atoms with Gasteiger partial charge in [-0.3, -0.25) is 0 Å². The van der Waals surface area contributed by atoms with Crippen LogP contribution in [0.4, 0.5) is 5.82 Å². The summed E-state index contributed by atoms with van der Waals surface area (Å²) < 4.78 is 5.14. The standard InChI is InChI=1S/C18H23N3O/c1-13-6-4-5-7-16(13)15-10-14(2)21(11-15)18-8-9-19-17(20-18)12-22-3/h4-9,14-15H,10-12H2,1-3H3. The van der Waals surface area contributed by atoms with E-state index < -0.39 is 0 Å². The summed E-state index contributed by atoms with van der Waals surface area (Å²) in [6.45, 7) is 5.94. The van der Waals surface area contributed by atoms with Crippen molar-refractivity contribution in [2.24, 2.45) is 0 Å². The number of anilines is 1. The van der Waals surface area contributed by atoms with Crippen LogP contribution in [-0.4, -0.2) is 29.7 Å². The van der Waals surface area contributed by atoms with Crippen LogP contribution in [0.1, 0.15) is 36.2 Å². The number of hydrogen-bond acceptors (Lipinski definition) is 4. The van der Waals surface area contributed by atoms with Crippen LogP contribution < -0.4 is 4.90 Å². The van der Waals surface area contributed by atoms with Crippen molar-refractivity contribution >= 4 is 5.82 Å². The largest absolute Gasteiger partial charge is 0.377 e. The quantitative estimate of drug-likeness (QED) is 0.868. The van der Waals surface area contributed by atoms with Crippen molar-refractivity contribution in [1.29, 1.82) is 0 Å². The minimum absolute atomic E-state index is 0.456. The molecule has 0 spiro atoms. The molecular formula is C18H23N3O. The smallest absolute Gasteiger partial charge is 0.156 e. The maximum Gasteiger partial charge on any atom is 0.156 e. The van der Waals surface area contributed by atoms with E-state index in [1.807, 2.05) is 12.3 Å². The number of hydrogen-bond donors (Lipinski definition) is 0. The van der Waals surface area contributed by atoms with E-state index in [0.29, 0.717) is 18.6 Å². The molecule has 0 N–H and O–H groups in total. The molecule has 0 radical (unpaired) electrons. The Bertz CT molecular complexity index is 644. The molecule has 0 amide bonds. The zero-order valence-corrected chi connectivity index (χ0v) is 13.5. The van der Waals surface area contributed by atoms with E-state index in [9.17, 15) is 0 Å². The summed E-state index contributed by atoms with van der Waals surface area (Å²) in [4.78, 5) is 11.3. The number of benzene rings is 1. The van der Waals surface area contributed by atoms with E-state index in [1.54, 1.807) is 7.11 Å². The highest BCUT2D eigenvalue weighted by Crippen LogP contribution is 2.35. The average Bonchev–Trinajstić information content (AvgIpc) is 2.90. The normalized spacial score (nSPS) is 21.3. The first-order chi connectivity index (χ1) is 10.7. The van der Waals surface area contributed by atoms with Crippen molar-refractivity contribution in [3.8, 4) is 0 Å². The lowest BCUT2D eigenvalue weighted by Crippen LogP contribution is -2.28. The van der Waals surface area contributed by atoms with Gasteiger partial charge in [0.1, 0.15) is 12.4 Å². The summed E-state index contributed by atoms with van der Waals surface area (Å²) in [5.74, 6) is 2.31. The Balaban J connectivity index is 1.82. The van der Waals surface area contributed by atoms with Crippen molar-refractivity contribution in [2.45, 2.75) is 38.8 Å². The van der Waals surface area contributed by atoms with Crippen LogP contribution in [-0.2, 0) is 11.3 Å². The van der Waals surface area contributed by atoms with E-state index in [-0.39, 0.29) is 0 Å². The van der Waals surface area contributed by atoms with Crippen LogP contribution >= 0.6 is 0 Å². The second-order valence-corrected chi connectivity index (χ2v) is 6.05. The SMILES string of the molecule is COCc1nccc(N2CC(c3ccccc3C)CC2C)n1. The van der Waals surface area contributed by atoms with Gasteiger partial charge in [0, 0.05) is 31.8 Å². The Labute approximate surface area is 132 Å². The molecule has 0 aliphatic carbocycles. The Morgan fingerprint density at radius 3 is 2.86 bits per heavy atom. The number of aryl methyl sites for hydroxylation is 1. The van der Waals surface area contributed by atoms with E-state index in [1.165, 1.54) is 11.1 Å². The lowest BCUT2D eigenvalue weighted by Gasteiger charge is -2.23. The Hall–Kier alpha value is -1.94. The van der Waals surface area contributed by atoms with Gasteiger partial charge >= 0.3 is 0 Å². The molecule has 1 aromatic carbocycles. The molecular weight excluding hydrogens is 274 g/mol. The van der Waals surface area contributed by atoms with Crippen molar-refractivity contribution in [3.05, 3.63) is 53.5 Å². The van der Waals surface area contributed by atoms with Crippen LogP contribution in [0.3, 0.4) is 0 Å². The minimum atomic E-state index is 0.456. The molecule has 1 aliphatic rings. The molecule has 2 heterocycles. The fourth-order valence-electron chi connectivity index (χ4n) is 3.37.